The van der Waals surface area contributed by atoms with Crippen molar-refractivity contribution in [3.63, 3.8) is 0 Å². The first kappa shape index (κ1) is 8.87. The molecule has 0 amide bonds. The first-order valence-corrected chi connectivity index (χ1v) is 4.52. The van der Waals surface area contributed by atoms with Crippen LogP contribution in [0.3, 0.4) is 0 Å². The van der Waals surface area contributed by atoms with E-state index < -0.39 is 0 Å². The summed E-state index contributed by atoms with van der Waals surface area (Å²) < 4.78 is 0. The van der Waals surface area contributed by atoms with Gasteiger partial charge in [-0.25, -0.2) is 4.98 Å². The average molecular weight is 190 g/mol. The highest BCUT2D eigenvalue weighted by Crippen LogP contribution is 2.19. The molecule has 0 spiro atoms. The summed E-state index contributed by atoms with van der Waals surface area (Å²) in [5, 5.41) is 11.2. The highest BCUT2D eigenvalue weighted by molar-refractivity contribution is 5.97. The highest BCUT2D eigenvalue weighted by Gasteiger charge is 2.18. The van der Waals surface area contributed by atoms with Crippen molar-refractivity contribution in [2.24, 2.45) is 5.16 Å². The first-order chi connectivity index (χ1) is 6.81. The number of aromatic nitrogens is 1. The number of nitrogens with zero attached hydrogens (tertiary/aromatic N) is 2. The van der Waals surface area contributed by atoms with Gasteiger partial charge >= 0.3 is 0 Å². The van der Waals surface area contributed by atoms with Crippen LogP contribution in [0.5, 0.6) is 0 Å². The van der Waals surface area contributed by atoms with Gasteiger partial charge in [0.1, 0.15) is 5.69 Å². The zero-order valence-electron chi connectivity index (χ0n) is 7.60. The van der Waals surface area contributed by atoms with Crippen LogP contribution in [0.1, 0.15) is 34.6 Å². The largest absolute Gasteiger partial charge is 0.411 e. The molecule has 4 nitrogen and oxygen atoms in total. The summed E-state index contributed by atoms with van der Waals surface area (Å²) >= 11 is 0. The van der Waals surface area contributed by atoms with Crippen LogP contribution in [0.15, 0.2) is 17.3 Å². The zero-order chi connectivity index (χ0) is 9.97. The fourth-order valence-corrected chi connectivity index (χ4v) is 1.64. The lowest BCUT2D eigenvalue weighted by molar-refractivity contribution is 0.0967. The molecule has 0 saturated carbocycles. The predicted octanol–water partition coefficient (Wildman–Crippen LogP) is 1.41. The van der Waals surface area contributed by atoms with E-state index in [1.54, 1.807) is 6.07 Å². The number of pyridine rings is 1. The number of carbonyl (C=O) groups excluding carboxylic acids is 1. The first-order valence-electron chi connectivity index (χ1n) is 4.52. The Morgan fingerprint density at radius 3 is 3.07 bits per heavy atom. The van der Waals surface area contributed by atoms with Gasteiger partial charge in [0, 0.05) is 6.42 Å². The molecule has 0 bridgehead atoms. The molecule has 0 saturated heterocycles. The molecule has 4 heteroatoms. The van der Waals surface area contributed by atoms with Gasteiger partial charge in [0.05, 0.1) is 11.9 Å². The van der Waals surface area contributed by atoms with Crippen LogP contribution >= 0.6 is 0 Å². The van der Waals surface area contributed by atoms with E-state index in [2.05, 4.69) is 10.1 Å². The van der Waals surface area contributed by atoms with Gasteiger partial charge in [-0.15, -0.1) is 0 Å². The Balaban J connectivity index is 2.45. The molecule has 1 aromatic heterocycles. The summed E-state index contributed by atoms with van der Waals surface area (Å²) in [6.45, 7) is 0. The third kappa shape index (κ3) is 1.51. The Hall–Kier alpha value is -1.71. The maximum absolute atomic E-state index is 11.5. The molecule has 1 aliphatic rings. The van der Waals surface area contributed by atoms with E-state index in [0.717, 1.165) is 18.4 Å². The fourth-order valence-electron chi connectivity index (χ4n) is 1.64. The normalized spacial score (nSPS) is 15.9. The van der Waals surface area contributed by atoms with Crippen LogP contribution in [0, 0.1) is 0 Å². The molecule has 1 aromatic rings. The van der Waals surface area contributed by atoms with Crippen molar-refractivity contribution in [2.75, 3.05) is 0 Å². The third-order valence-corrected chi connectivity index (χ3v) is 2.30. The van der Waals surface area contributed by atoms with Crippen LogP contribution in [-0.4, -0.2) is 22.2 Å². The van der Waals surface area contributed by atoms with E-state index >= 15 is 0 Å². The molecule has 14 heavy (non-hydrogen) atoms. The molecular weight excluding hydrogens is 180 g/mol. The minimum Gasteiger partial charge on any atom is -0.411 e. The summed E-state index contributed by atoms with van der Waals surface area (Å²) in [5.74, 6) is 0.0828. The Bertz CT molecular complexity index is 399. The SMILES string of the molecule is O=C1CCCc2ccc(C=NO)nc21. The van der Waals surface area contributed by atoms with E-state index in [-0.39, 0.29) is 5.78 Å². The highest BCUT2D eigenvalue weighted by atomic mass is 16.4. The predicted molar refractivity (Wildman–Crippen MR) is 50.9 cm³/mol. The fraction of sp³-hybridized carbons (Fsp3) is 0.300. The van der Waals surface area contributed by atoms with E-state index in [9.17, 15) is 4.79 Å². The van der Waals surface area contributed by atoms with Crippen molar-refractivity contribution in [1.82, 2.24) is 4.98 Å². The molecule has 0 radical (unpaired) electrons. The van der Waals surface area contributed by atoms with Crippen LogP contribution in [0.25, 0.3) is 0 Å². The average Bonchev–Trinajstić information content (AvgIpc) is 2.20. The van der Waals surface area contributed by atoms with Crippen LogP contribution in [0.4, 0.5) is 0 Å². The Morgan fingerprint density at radius 2 is 2.29 bits per heavy atom. The van der Waals surface area contributed by atoms with E-state index in [1.807, 2.05) is 6.07 Å². The van der Waals surface area contributed by atoms with Crippen molar-refractivity contribution in [3.8, 4) is 0 Å². The Kier molecular flexibility index (Phi) is 2.26. The Morgan fingerprint density at radius 1 is 1.43 bits per heavy atom. The number of fused-ring (bicyclic) bond motifs is 1. The summed E-state index contributed by atoms with van der Waals surface area (Å²) in [5.41, 5.74) is 2.05. The molecule has 2 rings (SSSR count). The monoisotopic (exact) mass is 190 g/mol. The summed E-state index contributed by atoms with van der Waals surface area (Å²) in [6, 6.07) is 3.62. The second-order valence-corrected chi connectivity index (χ2v) is 3.27. The molecule has 1 N–H and O–H groups in total. The molecule has 0 atom stereocenters. The minimum absolute atomic E-state index is 0.0828. The van der Waals surface area contributed by atoms with Gasteiger partial charge in [0.25, 0.3) is 0 Å². The van der Waals surface area contributed by atoms with Gasteiger partial charge in [0.2, 0.25) is 0 Å². The van der Waals surface area contributed by atoms with Crippen molar-refractivity contribution in [1.29, 1.82) is 0 Å². The maximum atomic E-state index is 11.5. The maximum Gasteiger partial charge on any atom is 0.181 e. The molecule has 72 valence electrons. The zero-order valence-corrected chi connectivity index (χ0v) is 7.60. The van der Waals surface area contributed by atoms with Gasteiger partial charge in [-0.1, -0.05) is 11.2 Å². The van der Waals surface area contributed by atoms with E-state index in [4.69, 9.17) is 5.21 Å². The molecule has 0 aliphatic heterocycles. The molecule has 1 heterocycles. The Labute approximate surface area is 81.3 Å². The van der Waals surface area contributed by atoms with Gasteiger partial charge < -0.3 is 5.21 Å². The third-order valence-electron chi connectivity index (χ3n) is 2.30. The summed E-state index contributed by atoms with van der Waals surface area (Å²) in [7, 11) is 0. The molecular formula is C10H10N2O2. The van der Waals surface area contributed by atoms with Crippen molar-refractivity contribution in [3.05, 3.63) is 29.1 Å². The number of hydrogen-bond donors (Lipinski definition) is 1. The molecule has 0 aromatic carbocycles. The van der Waals surface area contributed by atoms with Gasteiger partial charge in [0.15, 0.2) is 5.78 Å². The lowest BCUT2D eigenvalue weighted by Gasteiger charge is -2.13. The van der Waals surface area contributed by atoms with Gasteiger partial charge in [-0.2, -0.15) is 0 Å². The topological polar surface area (TPSA) is 62.5 Å². The smallest absolute Gasteiger partial charge is 0.181 e. The van der Waals surface area contributed by atoms with E-state index in [0.29, 0.717) is 17.8 Å². The van der Waals surface area contributed by atoms with E-state index in [1.165, 1.54) is 6.21 Å². The van der Waals surface area contributed by atoms with Crippen LogP contribution < -0.4 is 0 Å². The van der Waals surface area contributed by atoms with Crippen LogP contribution in [0.2, 0.25) is 0 Å². The lowest BCUT2D eigenvalue weighted by Crippen LogP contribution is -2.13. The molecule has 0 unspecified atom stereocenters. The number of hydrogen-bond acceptors (Lipinski definition) is 4. The second-order valence-electron chi connectivity index (χ2n) is 3.27. The van der Waals surface area contributed by atoms with Crippen molar-refractivity contribution in [2.45, 2.75) is 19.3 Å². The number of carbonyl (C=O) groups is 1. The molecule has 1 aliphatic carbocycles. The minimum atomic E-state index is 0.0828. The summed E-state index contributed by atoms with van der Waals surface area (Å²) in [6.07, 6.45) is 3.60. The number of oxime groups is 1. The van der Waals surface area contributed by atoms with Crippen LogP contribution in [-0.2, 0) is 6.42 Å². The van der Waals surface area contributed by atoms with Crippen molar-refractivity contribution >= 4 is 12.0 Å². The lowest BCUT2D eigenvalue weighted by atomic mass is 9.95. The standard InChI is InChI=1S/C10H10N2O2/c13-9-3-1-2-7-4-5-8(6-11-14)12-10(7)9/h4-6,14H,1-3H2. The van der Waals surface area contributed by atoms with Crippen molar-refractivity contribution < 1.29 is 10.0 Å². The van der Waals surface area contributed by atoms with Gasteiger partial charge in [-0.3, -0.25) is 4.79 Å². The number of ketones is 1. The number of rotatable bonds is 1. The number of aryl methyl sites for hydroxylation is 1. The number of Topliss-reactive ketones (excluding diaryl/α,β-unsaturated/α-hetero) is 1. The second kappa shape index (κ2) is 3.57. The molecule has 0 fully saturated rings. The van der Waals surface area contributed by atoms with Gasteiger partial charge in [-0.05, 0) is 24.5 Å². The summed E-state index contributed by atoms with van der Waals surface area (Å²) in [4.78, 5) is 15.6. The quantitative estimate of drug-likeness (QED) is 0.413.